The quantitative estimate of drug-likeness (QED) is 0.882. The van der Waals surface area contributed by atoms with Gasteiger partial charge in [0.2, 0.25) is 0 Å². The first-order chi connectivity index (χ1) is 9.61. The highest BCUT2D eigenvalue weighted by Gasteiger charge is 2.07. The van der Waals surface area contributed by atoms with Crippen molar-refractivity contribution in [3.8, 4) is 11.1 Å². The maximum Gasteiger partial charge on any atom is 0.124 e. The van der Waals surface area contributed by atoms with Crippen LogP contribution in [-0.4, -0.2) is 10.8 Å². The average molecular weight is 312 g/mol. The van der Waals surface area contributed by atoms with Gasteiger partial charge in [-0.3, -0.25) is 0 Å². The molecule has 5 heteroatoms. The van der Waals surface area contributed by atoms with Crippen LogP contribution in [0.2, 0.25) is 5.02 Å². The van der Waals surface area contributed by atoms with Gasteiger partial charge in [-0.15, -0.1) is 0 Å². The Labute approximate surface area is 125 Å². The summed E-state index contributed by atoms with van der Waals surface area (Å²) < 4.78 is 27.8. The van der Waals surface area contributed by atoms with Crippen molar-refractivity contribution in [3.63, 3.8) is 0 Å². The number of hydrogen-bond donors (Lipinski definition) is 1. The van der Waals surface area contributed by atoms with Gasteiger partial charge in [0.15, 0.2) is 0 Å². The molecule has 2 nitrogen and oxygen atoms in total. The van der Waals surface area contributed by atoms with Gasteiger partial charge in [0.05, 0.1) is 9.92 Å². The lowest BCUT2D eigenvalue weighted by Gasteiger charge is -2.07. The first-order valence-corrected chi connectivity index (χ1v) is 7.85. The fraction of sp³-hybridized carbons (Fsp3) is 0.200. The molecule has 2 aromatic rings. The molecule has 0 aliphatic heterocycles. The molecule has 1 N–H and O–H groups in total. The second kappa shape index (κ2) is 6.97. The molecular weight excluding hydrogens is 297 g/mol. The zero-order valence-corrected chi connectivity index (χ0v) is 12.6. The lowest BCUT2D eigenvalue weighted by molar-refractivity contribution is 0.628. The second-order valence-electron chi connectivity index (χ2n) is 4.31. The third-order valence-electron chi connectivity index (χ3n) is 2.79. The van der Waals surface area contributed by atoms with E-state index in [4.69, 9.17) is 11.6 Å². The highest BCUT2D eigenvalue weighted by molar-refractivity contribution is 7.83. The Balaban J connectivity index is 2.21. The fourth-order valence-electron chi connectivity index (χ4n) is 1.76. The fourth-order valence-corrected chi connectivity index (χ4v) is 2.98. The predicted molar refractivity (Wildman–Crippen MR) is 81.5 cm³/mol. The van der Waals surface area contributed by atoms with Crippen molar-refractivity contribution in [1.82, 2.24) is 4.72 Å². The minimum absolute atomic E-state index is 0.361. The van der Waals surface area contributed by atoms with Crippen molar-refractivity contribution in [2.45, 2.75) is 18.2 Å². The zero-order valence-electron chi connectivity index (χ0n) is 11.0. The van der Waals surface area contributed by atoms with Crippen LogP contribution in [0.4, 0.5) is 4.39 Å². The number of benzene rings is 2. The van der Waals surface area contributed by atoms with Crippen LogP contribution in [0.1, 0.15) is 13.3 Å². The summed E-state index contributed by atoms with van der Waals surface area (Å²) in [6, 6.07) is 11.5. The SMILES string of the molecule is CCCNS(=O)c1ccc(-c2ccc(F)cc2Cl)cc1. The van der Waals surface area contributed by atoms with Gasteiger partial charge >= 0.3 is 0 Å². The van der Waals surface area contributed by atoms with E-state index in [9.17, 15) is 8.60 Å². The predicted octanol–water partition coefficient (Wildman–Crippen LogP) is 4.17. The molecule has 0 bridgehead atoms. The molecule has 0 amide bonds. The minimum Gasteiger partial charge on any atom is -0.238 e. The van der Waals surface area contributed by atoms with E-state index in [-0.39, 0.29) is 5.82 Å². The van der Waals surface area contributed by atoms with E-state index in [1.807, 2.05) is 19.1 Å². The van der Waals surface area contributed by atoms with Gasteiger partial charge in [0.1, 0.15) is 16.8 Å². The van der Waals surface area contributed by atoms with Gasteiger partial charge in [-0.05, 0) is 42.3 Å². The van der Waals surface area contributed by atoms with Crippen LogP contribution in [0.3, 0.4) is 0 Å². The second-order valence-corrected chi connectivity index (χ2v) is 6.02. The molecule has 2 aromatic carbocycles. The van der Waals surface area contributed by atoms with E-state index >= 15 is 0 Å². The minimum atomic E-state index is -1.20. The highest BCUT2D eigenvalue weighted by Crippen LogP contribution is 2.28. The molecule has 0 saturated carbocycles. The first-order valence-electron chi connectivity index (χ1n) is 6.32. The van der Waals surface area contributed by atoms with E-state index in [1.54, 1.807) is 18.2 Å². The normalized spacial score (nSPS) is 12.3. The monoisotopic (exact) mass is 311 g/mol. The van der Waals surface area contributed by atoms with Crippen molar-refractivity contribution in [3.05, 3.63) is 53.3 Å². The summed E-state index contributed by atoms with van der Waals surface area (Å²) in [6.45, 7) is 2.72. The topological polar surface area (TPSA) is 29.1 Å². The van der Waals surface area contributed by atoms with Crippen LogP contribution in [0.15, 0.2) is 47.4 Å². The molecule has 0 aliphatic rings. The Kier molecular flexibility index (Phi) is 5.29. The summed E-state index contributed by atoms with van der Waals surface area (Å²) >= 11 is 6.02. The summed E-state index contributed by atoms with van der Waals surface area (Å²) in [5, 5.41) is 0.364. The van der Waals surface area contributed by atoms with Gasteiger partial charge in [-0.1, -0.05) is 30.7 Å². The lowest BCUT2D eigenvalue weighted by Crippen LogP contribution is -2.17. The van der Waals surface area contributed by atoms with Crippen LogP contribution < -0.4 is 4.72 Å². The molecule has 0 spiro atoms. The van der Waals surface area contributed by atoms with Crippen molar-refractivity contribution < 1.29 is 8.60 Å². The molecule has 0 radical (unpaired) electrons. The third-order valence-corrected chi connectivity index (χ3v) is 4.27. The summed E-state index contributed by atoms with van der Waals surface area (Å²) in [5.41, 5.74) is 1.62. The third kappa shape index (κ3) is 3.66. The molecule has 0 heterocycles. The number of nitrogens with one attached hydrogen (secondary N) is 1. The van der Waals surface area contributed by atoms with Crippen LogP contribution in [0.5, 0.6) is 0 Å². The summed E-state index contributed by atoms with van der Waals surface area (Å²) in [7, 11) is -1.20. The highest BCUT2D eigenvalue weighted by atomic mass is 35.5. The molecular formula is C15H15ClFNOS. The lowest BCUT2D eigenvalue weighted by atomic mass is 10.1. The Morgan fingerprint density at radius 3 is 2.50 bits per heavy atom. The first kappa shape index (κ1) is 15.2. The summed E-state index contributed by atoms with van der Waals surface area (Å²) in [4.78, 5) is 0.709. The summed E-state index contributed by atoms with van der Waals surface area (Å²) in [5.74, 6) is -0.361. The summed E-state index contributed by atoms with van der Waals surface area (Å²) in [6.07, 6.45) is 0.926. The van der Waals surface area contributed by atoms with Gasteiger partial charge in [-0.2, -0.15) is 0 Å². The van der Waals surface area contributed by atoms with Gasteiger partial charge < -0.3 is 0 Å². The van der Waals surface area contributed by atoms with Crippen LogP contribution in [-0.2, 0) is 11.0 Å². The Bertz CT molecular complexity index is 616. The van der Waals surface area contributed by atoms with Gasteiger partial charge in [0.25, 0.3) is 0 Å². The van der Waals surface area contributed by atoms with Crippen molar-refractivity contribution in [2.24, 2.45) is 0 Å². The molecule has 0 aliphatic carbocycles. The number of rotatable bonds is 5. The molecule has 0 fully saturated rings. The maximum atomic E-state index is 13.0. The smallest absolute Gasteiger partial charge is 0.124 e. The van der Waals surface area contributed by atoms with E-state index < -0.39 is 11.0 Å². The van der Waals surface area contributed by atoms with E-state index in [2.05, 4.69) is 4.72 Å². The standard InChI is InChI=1S/C15H15ClFNOS/c1-2-9-18-20(19)13-6-3-11(4-7-13)14-8-5-12(17)10-15(14)16/h3-8,10,18H,2,9H2,1H3. The van der Waals surface area contributed by atoms with Gasteiger partial charge in [-0.25, -0.2) is 13.3 Å². The molecule has 106 valence electrons. The Morgan fingerprint density at radius 1 is 1.20 bits per heavy atom. The largest absolute Gasteiger partial charge is 0.238 e. The molecule has 1 atom stereocenters. The van der Waals surface area contributed by atoms with Crippen LogP contribution >= 0.6 is 11.6 Å². The van der Waals surface area contributed by atoms with Crippen LogP contribution in [0.25, 0.3) is 11.1 Å². The molecule has 20 heavy (non-hydrogen) atoms. The molecule has 1 unspecified atom stereocenters. The van der Waals surface area contributed by atoms with E-state index in [1.165, 1.54) is 12.1 Å². The average Bonchev–Trinajstić information content (AvgIpc) is 2.45. The zero-order chi connectivity index (χ0) is 14.5. The molecule has 0 saturated heterocycles. The number of hydrogen-bond acceptors (Lipinski definition) is 1. The van der Waals surface area contributed by atoms with Crippen molar-refractivity contribution in [2.75, 3.05) is 6.54 Å². The Hall–Kier alpha value is -1.23. The molecule has 0 aromatic heterocycles. The van der Waals surface area contributed by atoms with Crippen molar-refractivity contribution >= 4 is 22.6 Å². The van der Waals surface area contributed by atoms with E-state index in [0.29, 0.717) is 16.5 Å². The van der Waals surface area contributed by atoms with Gasteiger partial charge in [0, 0.05) is 12.1 Å². The number of halogens is 2. The van der Waals surface area contributed by atoms with E-state index in [0.717, 1.165) is 17.5 Å². The Morgan fingerprint density at radius 2 is 1.90 bits per heavy atom. The molecule has 2 rings (SSSR count). The van der Waals surface area contributed by atoms with Crippen molar-refractivity contribution in [1.29, 1.82) is 0 Å². The van der Waals surface area contributed by atoms with Crippen LogP contribution in [0, 0.1) is 5.82 Å². The maximum absolute atomic E-state index is 13.0.